The fraction of sp³-hybridized carbons (Fsp3) is 0.0909. The number of carbonyl (C=O) groups excluding carboxylic acids is 1. The van der Waals surface area contributed by atoms with E-state index in [0.29, 0.717) is 0 Å². The maximum atomic E-state index is 13.0. The van der Waals surface area contributed by atoms with Crippen LogP contribution >= 0.6 is 0 Å². The molecule has 0 bridgehead atoms. The molecular formula is C11H8FN3O3. The van der Waals surface area contributed by atoms with Gasteiger partial charge in [0, 0.05) is 6.92 Å². The predicted octanol–water partition coefficient (Wildman–Crippen LogP) is 1.14. The molecule has 0 atom stereocenters. The molecule has 0 aromatic heterocycles. The number of nitrogens with zero attached hydrogens (tertiary/aromatic N) is 2. The maximum absolute atomic E-state index is 13.0. The molecule has 6 nitrogen and oxygen atoms in total. The second-order valence-electron chi connectivity index (χ2n) is 3.27. The van der Waals surface area contributed by atoms with Crippen molar-refractivity contribution in [3.05, 3.63) is 29.6 Å². The van der Waals surface area contributed by atoms with Gasteiger partial charge >= 0.3 is 5.97 Å². The predicted molar refractivity (Wildman–Crippen MR) is 60.5 cm³/mol. The third-order valence-corrected chi connectivity index (χ3v) is 1.86. The average Bonchev–Trinajstić information content (AvgIpc) is 2.27. The van der Waals surface area contributed by atoms with Crippen molar-refractivity contribution in [1.29, 1.82) is 5.26 Å². The summed E-state index contributed by atoms with van der Waals surface area (Å²) in [7, 11) is 0. The summed E-state index contributed by atoms with van der Waals surface area (Å²) < 4.78 is 13.0. The molecular weight excluding hydrogens is 241 g/mol. The van der Waals surface area contributed by atoms with Crippen LogP contribution in [-0.2, 0) is 9.59 Å². The molecule has 0 aliphatic rings. The smallest absolute Gasteiger partial charge is 0.360 e. The van der Waals surface area contributed by atoms with E-state index in [4.69, 9.17) is 10.4 Å². The van der Waals surface area contributed by atoms with E-state index >= 15 is 0 Å². The molecule has 1 aromatic carbocycles. The molecule has 1 aromatic rings. The SMILES string of the molecule is CC(=O)C(=NNc1cc(F)cc(C#N)c1)C(=O)O. The number of carboxylic acids is 1. The molecule has 0 fully saturated rings. The topological polar surface area (TPSA) is 103 Å². The number of anilines is 1. The first kappa shape index (κ1) is 13.3. The summed E-state index contributed by atoms with van der Waals surface area (Å²) in [6.07, 6.45) is 0. The Balaban J connectivity index is 3.02. The van der Waals surface area contributed by atoms with E-state index in [1.165, 1.54) is 6.07 Å². The first-order valence-corrected chi connectivity index (χ1v) is 4.72. The number of halogens is 1. The van der Waals surface area contributed by atoms with Gasteiger partial charge in [-0.2, -0.15) is 10.4 Å². The minimum Gasteiger partial charge on any atom is -0.476 e. The van der Waals surface area contributed by atoms with Gasteiger partial charge in [-0.3, -0.25) is 10.2 Å². The second kappa shape index (κ2) is 5.54. The molecule has 0 spiro atoms. The van der Waals surface area contributed by atoms with E-state index in [9.17, 15) is 14.0 Å². The number of nitrogens with one attached hydrogen (secondary N) is 1. The Morgan fingerprint density at radius 1 is 1.44 bits per heavy atom. The van der Waals surface area contributed by atoms with Gasteiger partial charge in [0.25, 0.3) is 0 Å². The minimum atomic E-state index is -1.49. The molecule has 0 radical (unpaired) electrons. The Labute approximate surface area is 101 Å². The van der Waals surface area contributed by atoms with Gasteiger partial charge in [-0.15, -0.1) is 0 Å². The molecule has 0 saturated carbocycles. The van der Waals surface area contributed by atoms with Crippen molar-refractivity contribution < 1.29 is 19.1 Å². The van der Waals surface area contributed by atoms with Crippen LogP contribution in [0.5, 0.6) is 0 Å². The fourth-order valence-electron chi connectivity index (χ4n) is 1.12. The molecule has 0 unspecified atom stereocenters. The third kappa shape index (κ3) is 3.38. The zero-order valence-electron chi connectivity index (χ0n) is 9.27. The highest BCUT2D eigenvalue weighted by Crippen LogP contribution is 2.13. The Kier molecular flexibility index (Phi) is 4.10. The lowest BCUT2D eigenvalue weighted by molar-refractivity contribution is -0.130. The van der Waals surface area contributed by atoms with Gasteiger partial charge in [-0.05, 0) is 18.2 Å². The molecule has 7 heteroatoms. The van der Waals surface area contributed by atoms with Gasteiger partial charge in [0.15, 0.2) is 5.78 Å². The molecule has 92 valence electrons. The number of aliphatic carboxylic acids is 1. The summed E-state index contributed by atoms with van der Waals surface area (Å²) in [4.78, 5) is 21.6. The van der Waals surface area contributed by atoms with Crippen LogP contribution in [0, 0.1) is 17.1 Å². The highest BCUT2D eigenvalue weighted by Gasteiger charge is 2.14. The number of benzene rings is 1. The van der Waals surface area contributed by atoms with Crippen molar-refractivity contribution in [3.8, 4) is 6.07 Å². The van der Waals surface area contributed by atoms with Crippen LogP contribution in [-0.4, -0.2) is 22.6 Å². The standard InChI is InChI=1S/C11H8FN3O3/c1-6(16)10(11(17)18)15-14-9-3-7(5-13)2-8(12)4-9/h2-4,14H,1H3,(H,17,18). The number of hydrogen-bond acceptors (Lipinski definition) is 5. The normalized spacial score (nSPS) is 10.6. The van der Waals surface area contributed by atoms with Crippen LogP contribution < -0.4 is 5.43 Å². The largest absolute Gasteiger partial charge is 0.476 e. The van der Waals surface area contributed by atoms with Crippen molar-refractivity contribution in [2.45, 2.75) is 6.92 Å². The van der Waals surface area contributed by atoms with E-state index in [2.05, 4.69) is 10.5 Å². The first-order chi connectivity index (χ1) is 8.43. The molecule has 18 heavy (non-hydrogen) atoms. The molecule has 0 saturated heterocycles. The number of ketones is 1. The number of carbonyl (C=O) groups is 2. The van der Waals surface area contributed by atoms with E-state index < -0.39 is 23.3 Å². The molecule has 1 rings (SSSR count). The molecule has 2 N–H and O–H groups in total. The quantitative estimate of drug-likeness (QED) is 0.473. The van der Waals surface area contributed by atoms with Crippen LogP contribution in [0.25, 0.3) is 0 Å². The van der Waals surface area contributed by atoms with Crippen LogP contribution in [0.2, 0.25) is 0 Å². The van der Waals surface area contributed by atoms with Gasteiger partial charge in [-0.1, -0.05) is 0 Å². The van der Waals surface area contributed by atoms with Crippen molar-refractivity contribution in [3.63, 3.8) is 0 Å². The lowest BCUT2D eigenvalue weighted by Gasteiger charge is -2.02. The van der Waals surface area contributed by atoms with Crippen molar-refractivity contribution in [2.75, 3.05) is 5.43 Å². The summed E-state index contributed by atoms with van der Waals surface area (Å²) in [5.41, 5.74) is 1.63. The van der Waals surface area contributed by atoms with Crippen molar-refractivity contribution >= 4 is 23.2 Å². The van der Waals surface area contributed by atoms with Crippen molar-refractivity contribution in [1.82, 2.24) is 0 Å². The number of hydrogen-bond donors (Lipinski definition) is 2. The van der Waals surface area contributed by atoms with E-state index in [1.54, 1.807) is 6.07 Å². The maximum Gasteiger partial charge on any atom is 0.360 e. The molecule has 0 amide bonds. The minimum absolute atomic E-state index is 0.0485. The second-order valence-corrected chi connectivity index (χ2v) is 3.27. The molecule has 0 aliphatic heterocycles. The summed E-state index contributed by atoms with van der Waals surface area (Å²) >= 11 is 0. The summed E-state index contributed by atoms with van der Waals surface area (Å²) in [5.74, 6) is -2.91. The highest BCUT2D eigenvalue weighted by atomic mass is 19.1. The number of rotatable bonds is 4. The third-order valence-electron chi connectivity index (χ3n) is 1.86. The lowest BCUT2D eigenvalue weighted by atomic mass is 10.2. The Morgan fingerprint density at radius 3 is 2.61 bits per heavy atom. The van der Waals surface area contributed by atoms with Gasteiger partial charge in [0.1, 0.15) is 5.82 Å². The fourth-order valence-corrected chi connectivity index (χ4v) is 1.12. The van der Waals surface area contributed by atoms with Gasteiger partial charge in [0.05, 0.1) is 17.3 Å². The first-order valence-electron chi connectivity index (χ1n) is 4.72. The average molecular weight is 249 g/mol. The van der Waals surface area contributed by atoms with Gasteiger partial charge in [-0.25, -0.2) is 9.18 Å². The summed E-state index contributed by atoms with van der Waals surface area (Å²) in [5, 5.41) is 20.6. The van der Waals surface area contributed by atoms with Gasteiger partial charge in [0.2, 0.25) is 5.71 Å². The Hall–Kier alpha value is -2.75. The van der Waals surface area contributed by atoms with Crippen LogP contribution in [0.4, 0.5) is 10.1 Å². The Bertz CT molecular complexity index is 559. The monoisotopic (exact) mass is 249 g/mol. The number of nitriles is 1. The number of Topliss-reactive ketones (excluding diaryl/α,β-unsaturated/α-hetero) is 1. The Morgan fingerprint density at radius 2 is 2.11 bits per heavy atom. The van der Waals surface area contributed by atoms with E-state index in [0.717, 1.165) is 19.1 Å². The molecule has 0 aliphatic carbocycles. The van der Waals surface area contributed by atoms with Gasteiger partial charge < -0.3 is 5.11 Å². The van der Waals surface area contributed by atoms with E-state index in [1.807, 2.05) is 0 Å². The zero-order chi connectivity index (χ0) is 13.7. The zero-order valence-corrected chi connectivity index (χ0v) is 9.27. The number of carboxylic acid groups (broad SMARTS) is 1. The van der Waals surface area contributed by atoms with Crippen LogP contribution in [0.1, 0.15) is 12.5 Å². The molecule has 0 heterocycles. The number of hydrazone groups is 1. The van der Waals surface area contributed by atoms with E-state index in [-0.39, 0.29) is 11.3 Å². The van der Waals surface area contributed by atoms with Crippen LogP contribution in [0.15, 0.2) is 23.3 Å². The summed E-state index contributed by atoms with van der Waals surface area (Å²) in [6, 6.07) is 5.03. The van der Waals surface area contributed by atoms with Crippen LogP contribution in [0.3, 0.4) is 0 Å². The summed E-state index contributed by atoms with van der Waals surface area (Å²) in [6.45, 7) is 1.04. The highest BCUT2D eigenvalue weighted by molar-refractivity contribution is 6.63. The van der Waals surface area contributed by atoms with Crippen molar-refractivity contribution in [2.24, 2.45) is 5.10 Å². The lowest BCUT2D eigenvalue weighted by Crippen LogP contribution is -2.22.